The highest BCUT2D eigenvalue weighted by Crippen LogP contribution is 2.37. The summed E-state index contributed by atoms with van der Waals surface area (Å²) >= 11 is 1.67. The summed E-state index contributed by atoms with van der Waals surface area (Å²) in [4.78, 5) is 16.8. The van der Waals surface area contributed by atoms with Crippen molar-refractivity contribution in [1.82, 2.24) is 15.2 Å². The van der Waals surface area contributed by atoms with Crippen LogP contribution in [0, 0.1) is 0 Å². The highest BCUT2D eigenvalue weighted by Gasteiger charge is 2.27. The van der Waals surface area contributed by atoms with Crippen molar-refractivity contribution in [2.24, 2.45) is 0 Å². The maximum Gasteiger partial charge on any atom is 0.248 e. The number of carbonyl (C=O) groups excluding carboxylic acids is 1. The van der Waals surface area contributed by atoms with Crippen LogP contribution in [0.2, 0.25) is 0 Å². The number of carbonyl (C=O) groups is 1. The van der Waals surface area contributed by atoms with Crippen molar-refractivity contribution in [3.05, 3.63) is 41.2 Å². The van der Waals surface area contributed by atoms with E-state index in [0.29, 0.717) is 5.95 Å². The molecule has 1 unspecified atom stereocenters. The molecule has 5 nitrogen and oxygen atoms in total. The molecule has 6 heteroatoms. The van der Waals surface area contributed by atoms with E-state index in [4.69, 9.17) is 0 Å². The van der Waals surface area contributed by atoms with Crippen LogP contribution in [0.3, 0.4) is 0 Å². The number of hydrogen-bond donors (Lipinski definition) is 2. The van der Waals surface area contributed by atoms with E-state index in [1.807, 2.05) is 32.0 Å². The first-order valence-corrected chi connectivity index (χ1v) is 8.12. The Labute approximate surface area is 127 Å². The molecule has 3 rings (SSSR count). The second kappa shape index (κ2) is 5.89. The lowest BCUT2D eigenvalue weighted by atomic mass is 10.0. The molecular formula is C15H18N4OS. The fourth-order valence-electron chi connectivity index (χ4n) is 2.38. The molecule has 1 amide bonds. The standard InChI is InChI=1S/C15H18N4OS/c1-9(2)13-16-15(19-18-13)17-14(20)12-11-6-4-3-5-10(11)7-8-21-12/h3-6,9,12H,7-8H2,1-2H3,(H2,16,17,18,19,20). The number of aromatic nitrogens is 3. The van der Waals surface area contributed by atoms with Crippen LogP contribution < -0.4 is 5.32 Å². The second-order valence-corrected chi connectivity index (χ2v) is 6.60. The monoisotopic (exact) mass is 302 g/mol. The summed E-state index contributed by atoms with van der Waals surface area (Å²) < 4.78 is 0. The van der Waals surface area contributed by atoms with E-state index in [2.05, 4.69) is 26.6 Å². The number of aromatic amines is 1. The third-order valence-corrected chi connectivity index (χ3v) is 4.76. The molecule has 2 N–H and O–H groups in total. The molecule has 0 spiro atoms. The summed E-state index contributed by atoms with van der Waals surface area (Å²) in [6.07, 6.45) is 1.02. The quantitative estimate of drug-likeness (QED) is 0.914. The van der Waals surface area contributed by atoms with Crippen molar-refractivity contribution in [2.75, 3.05) is 11.1 Å². The lowest BCUT2D eigenvalue weighted by molar-refractivity contribution is -0.115. The Bertz CT molecular complexity index is 653. The van der Waals surface area contributed by atoms with Crippen LogP contribution in [0.5, 0.6) is 0 Å². The van der Waals surface area contributed by atoms with Gasteiger partial charge in [0.25, 0.3) is 0 Å². The minimum absolute atomic E-state index is 0.0542. The number of nitrogens with zero attached hydrogens (tertiary/aromatic N) is 2. The molecule has 0 aliphatic carbocycles. The molecule has 1 aromatic carbocycles. The molecule has 0 saturated carbocycles. The van der Waals surface area contributed by atoms with Gasteiger partial charge in [-0.15, -0.1) is 16.9 Å². The van der Waals surface area contributed by atoms with Gasteiger partial charge in [-0.3, -0.25) is 15.2 Å². The molecule has 21 heavy (non-hydrogen) atoms. The number of aryl methyl sites for hydroxylation is 1. The zero-order valence-corrected chi connectivity index (χ0v) is 12.9. The SMILES string of the molecule is CC(C)c1nc(NC(=O)C2SCCc3ccccc32)n[nH]1. The van der Waals surface area contributed by atoms with Crippen molar-refractivity contribution >= 4 is 23.6 Å². The Kier molecular flexibility index (Phi) is 3.96. The van der Waals surface area contributed by atoms with Gasteiger partial charge in [0.2, 0.25) is 11.9 Å². The first-order valence-electron chi connectivity index (χ1n) is 7.07. The lowest BCUT2D eigenvalue weighted by Crippen LogP contribution is -2.23. The van der Waals surface area contributed by atoms with Gasteiger partial charge in [0.15, 0.2) is 0 Å². The Balaban J connectivity index is 1.77. The Hall–Kier alpha value is -1.82. The highest BCUT2D eigenvalue weighted by molar-refractivity contribution is 8.00. The van der Waals surface area contributed by atoms with Crippen LogP contribution in [0.15, 0.2) is 24.3 Å². The largest absolute Gasteiger partial charge is 0.292 e. The molecule has 1 aliphatic rings. The van der Waals surface area contributed by atoms with Crippen molar-refractivity contribution in [3.8, 4) is 0 Å². The van der Waals surface area contributed by atoms with Crippen LogP contribution in [0.25, 0.3) is 0 Å². The summed E-state index contributed by atoms with van der Waals surface area (Å²) in [6.45, 7) is 4.05. The van der Waals surface area contributed by atoms with Gasteiger partial charge in [0, 0.05) is 5.92 Å². The third-order valence-electron chi connectivity index (χ3n) is 3.52. The van der Waals surface area contributed by atoms with Crippen LogP contribution in [-0.4, -0.2) is 26.8 Å². The predicted octanol–water partition coefficient (Wildman–Crippen LogP) is 2.90. The van der Waals surface area contributed by atoms with Crippen molar-refractivity contribution < 1.29 is 4.79 Å². The van der Waals surface area contributed by atoms with E-state index in [0.717, 1.165) is 23.6 Å². The normalized spacial score (nSPS) is 17.6. The second-order valence-electron chi connectivity index (χ2n) is 5.39. The van der Waals surface area contributed by atoms with Gasteiger partial charge in [-0.25, -0.2) is 0 Å². The first kappa shape index (κ1) is 14.1. The van der Waals surface area contributed by atoms with Gasteiger partial charge < -0.3 is 0 Å². The maximum atomic E-state index is 12.5. The van der Waals surface area contributed by atoms with Gasteiger partial charge in [-0.1, -0.05) is 38.1 Å². The van der Waals surface area contributed by atoms with E-state index in [1.165, 1.54) is 5.56 Å². The molecule has 2 heterocycles. The molecule has 1 aromatic heterocycles. The number of fused-ring (bicyclic) bond motifs is 1. The Morgan fingerprint density at radius 3 is 3.00 bits per heavy atom. The number of nitrogens with one attached hydrogen (secondary N) is 2. The van der Waals surface area contributed by atoms with E-state index in [1.54, 1.807) is 11.8 Å². The number of anilines is 1. The molecule has 0 bridgehead atoms. The highest BCUT2D eigenvalue weighted by atomic mass is 32.2. The predicted molar refractivity (Wildman–Crippen MR) is 84.4 cm³/mol. The number of amides is 1. The maximum absolute atomic E-state index is 12.5. The fourth-order valence-corrected chi connectivity index (χ4v) is 3.57. The molecule has 0 fully saturated rings. The molecule has 110 valence electrons. The summed E-state index contributed by atoms with van der Waals surface area (Å²) in [5.74, 6) is 2.30. The average Bonchev–Trinajstić information content (AvgIpc) is 2.95. The van der Waals surface area contributed by atoms with Crippen LogP contribution in [-0.2, 0) is 11.2 Å². The van der Waals surface area contributed by atoms with Crippen LogP contribution in [0.4, 0.5) is 5.95 Å². The zero-order valence-electron chi connectivity index (χ0n) is 12.1. The molecule has 0 radical (unpaired) electrons. The van der Waals surface area contributed by atoms with E-state index in [-0.39, 0.29) is 17.1 Å². The summed E-state index contributed by atoms with van der Waals surface area (Å²) in [5, 5.41) is 9.53. The minimum atomic E-state index is -0.184. The number of H-pyrrole nitrogens is 1. The van der Waals surface area contributed by atoms with Crippen LogP contribution >= 0.6 is 11.8 Å². The van der Waals surface area contributed by atoms with Crippen LogP contribution in [0.1, 0.15) is 42.0 Å². The van der Waals surface area contributed by atoms with E-state index < -0.39 is 0 Å². The minimum Gasteiger partial charge on any atom is -0.292 e. The van der Waals surface area contributed by atoms with Gasteiger partial charge >= 0.3 is 0 Å². The lowest BCUT2D eigenvalue weighted by Gasteiger charge is -2.23. The van der Waals surface area contributed by atoms with E-state index in [9.17, 15) is 4.79 Å². The third kappa shape index (κ3) is 2.95. The topological polar surface area (TPSA) is 70.7 Å². The Morgan fingerprint density at radius 1 is 1.43 bits per heavy atom. The zero-order chi connectivity index (χ0) is 14.8. The number of thioether (sulfide) groups is 1. The molecule has 1 atom stereocenters. The molecular weight excluding hydrogens is 284 g/mol. The van der Waals surface area contributed by atoms with Gasteiger partial charge in [-0.05, 0) is 23.3 Å². The van der Waals surface area contributed by atoms with Crippen molar-refractivity contribution in [2.45, 2.75) is 31.4 Å². The number of rotatable bonds is 3. The summed E-state index contributed by atoms with van der Waals surface area (Å²) in [6, 6.07) is 8.13. The molecule has 2 aromatic rings. The first-order chi connectivity index (χ1) is 10.1. The van der Waals surface area contributed by atoms with Gasteiger partial charge in [-0.2, -0.15) is 4.98 Å². The van der Waals surface area contributed by atoms with E-state index >= 15 is 0 Å². The number of hydrogen-bond acceptors (Lipinski definition) is 4. The molecule has 1 aliphatic heterocycles. The number of benzene rings is 1. The fraction of sp³-hybridized carbons (Fsp3) is 0.400. The molecule has 0 saturated heterocycles. The van der Waals surface area contributed by atoms with Crippen molar-refractivity contribution in [3.63, 3.8) is 0 Å². The Morgan fingerprint density at radius 2 is 2.24 bits per heavy atom. The summed E-state index contributed by atoms with van der Waals surface area (Å²) in [7, 11) is 0. The average molecular weight is 302 g/mol. The summed E-state index contributed by atoms with van der Waals surface area (Å²) in [5.41, 5.74) is 2.36. The van der Waals surface area contributed by atoms with Crippen molar-refractivity contribution in [1.29, 1.82) is 0 Å². The van der Waals surface area contributed by atoms with Gasteiger partial charge in [0.1, 0.15) is 11.1 Å². The smallest absolute Gasteiger partial charge is 0.248 e. The van der Waals surface area contributed by atoms with Gasteiger partial charge in [0.05, 0.1) is 0 Å².